The Balaban J connectivity index is 2.66. The third-order valence-corrected chi connectivity index (χ3v) is 2.20. The number of hydrogen-bond acceptors (Lipinski definition) is 3. The van der Waals surface area contributed by atoms with Crippen molar-refractivity contribution in [2.75, 3.05) is 20.6 Å². The van der Waals surface area contributed by atoms with Gasteiger partial charge in [-0.3, -0.25) is 4.79 Å². The van der Waals surface area contributed by atoms with E-state index in [-0.39, 0.29) is 11.9 Å². The number of hydrogen-bond donors (Lipinski definition) is 0. The zero-order valence-corrected chi connectivity index (χ0v) is 10.4. The van der Waals surface area contributed by atoms with Crippen molar-refractivity contribution in [2.45, 2.75) is 20.0 Å². The summed E-state index contributed by atoms with van der Waals surface area (Å²) >= 11 is 0. The van der Waals surface area contributed by atoms with Gasteiger partial charge in [-0.25, -0.2) is 0 Å². The number of carbonyl (C=O) groups is 1. The van der Waals surface area contributed by atoms with Crippen LogP contribution in [0.3, 0.4) is 0 Å². The van der Waals surface area contributed by atoms with Gasteiger partial charge >= 0.3 is 0 Å². The lowest BCUT2D eigenvalue weighted by Gasteiger charge is -2.18. The molecule has 3 nitrogen and oxygen atoms in total. The highest BCUT2D eigenvalue weighted by atomic mass is 16.5. The molecule has 0 radical (unpaired) electrons. The number of benzene rings is 1. The molecule has 3 heteroatoms. The Morgan fingerprint density at radius 3 is 2.69 bits per heavy atom. The van der Waals surface area contributed by atoms with E-state index in [1.165, 1.54) is 0 Å². The Morgan fingerprint density at radius 1 is 1.44 bits per heavy atom. The molecule has 1 aromatic rings. The third-order valence-electron chi connectivity index (χ3n) is 2.20. The molecule has 0 heterocycles. The number of ketones is 1. The van der Waals surface area contributed by atoms with Crippen LogP contribution >= 0.6 is 0 Å². The summed E-state index contributed by atoms with van der Waals surface area (Å²) in [6.45, 7) is 4.42. The van der Waals surface area contributed by atoms with Crippen LogP contribution in [0.2, 0.25) is 0 Å². The molecule has 0 aromatic heterocycles. The second-order valence-corrected chi connectivity index (χ2v) is 4.27. The van der Waals surface area contributed by atoms with Crippen molar-refractivity contribution >= 4 is 5.78 Å². The molecule has 88 valence electrons. The molecule has 0 saturated carbocycles. The van der Waals surface area contributed by atoms with Crippen molar-refractivity contribution in [3.63, 3.8) is 0 Å². The molecule has 0 aliphatic heterocycles. The summed E-state index contributed by atoms with van der Waals surface area (Å²) in [6, 6.07) is 7.30. The van der Waals surface area contributed by atoms with E-state index in [0.29, 0.717) is 5.56 Å². The van der Waals surface area contributed by atoms with Crippen LogP contribution in [0, 0.1) is 0 Å². The standard InChI is InChI=1S/C13H19NO2/c1-10(9-14(3)4)16-13-7-5-6-12(8-13)11(2)15/h5-8,10H,9H2,1-4H3/t10-/m0/s1. The zero-order chi connectivity index (χ0) is 12.1. The number of nitrogens with zero attached hydrogens (tertiary/aromatic N) is 1. The fraction of sp³-hybridized carbons (Fsp3) is 0.462. The van der Waals surface area contributed by atoms with E-state index in [0.717, 1.165) is 12.3 Å². The first-order valence-corrected chi connectivity index (χ1v) is 5.41. The van der Waals surface area contributed by atoms with Crippen LogP contribution in [-0.2, 0) is 0 Å². The van der Waals surface area contributed by atoms with Crippen molar-refractivity contribution in [3.05, 3.63) is 29.8 Å². The van der Waals surface area contributed by atoms with Gasteiger partial charge < -0.3 is 9.64 Å². The molecule has 0 aliphatic carbocycles. The van der Waals surface area contributed by atoms with Crippen LogP contribution in [0.25, 0.3) is 0 Å². The molecule has 0 saturated heterocycles. The predicted octanol–water partition coefficient (Wildman–Crippen LogP) is 2.22. The number of Topliss-reactive ketones (excluding diaryl/α,β-unsaturated/α-hetero) is 1. The molecular formula is C13H19NO2. The second-order valence-electron chi connectivity index (χ2n) is 4.27. The average Bonchev–Trinajstić information content (AvgIpc) is 2.16. The Bertz CT molecular complexity index is 361. The van der Waals surface area contributed by atoms with E-state index in [9.17, 15) is 4.79 Å². The first-order chi connectivity index (χ1) is 7.49. The van der Waals surface area contributed by atoms with Gasteiger partial charge in [-0.2, -0.15) is 0 Å². The van der Waals surface area contributed by atoms with Crippen LogP contribution in [0.4, 0.5) is 0 Å². The van der Waals surface area contributed by atoms with Gasteiger partial charge in [0, 0.05) is 12.1 Å². The summed E-state index contributed by atoms with van der Waals surface area (Å²) in [5.41, 5.74) is 0.689. The van der Waals surface area contributed by atoms with Crippen LogP contribution in [-0.4, -0.2) is 37.4 Å². The fourth-order valence-corrected chi connectivity index (χ4v) is 1.57. The Hall–Kier alpha value is -1.35. The van der Waals surface area contributed by atoms with Crippen molar-refractivity contribution < 1.29 is 9.53 Å². The van der Waals surface area contributed by atoms with Crippen LogP contribution in [0.1, 0.15) is 24.2 Å². The number of rotatable bonds is 5. The smallest absolute Gasteiger partial charge is 0.159 e. The number of ether oxygens (including phenoxy) is 1. The van der Waals surface area contributed by atoms with Gasteiger partial charge in [0.15, 0.2) is 5.78 Å². The second kappa shape index (κ2) is 5.66. The Morgan fingerprint density at radius 2 is 2.12 bits per heavy atom. The third kappa shape index (κ3) is 4.03. The zero-order valence-electron chi connectivity index (χ0n) is 10.4. The van der Waals surface area contributed by atoms with E-state index >= 15 is 0 Å². The van der Waals surface area contributed by atoms with E-state index < -0.39 is 0 Å². The molecule has 1 rings (SSSR count). The molecule has 1 aromatic carbocycles. The normalized spacial score (nSPS) is 12.6. The predicted molar refractivity (Wildman–Crippen MR) is 65.1 cm³/mol. The topological polar surface area (TPSA) is 29.5 Å². The Kier molecular flexibility index (Phi) is 4.50. The van der Waals surface area contributed by atoms with E-state index in [1.807, 2.05) is 33.2 Å². The van der Waals surface area contributed by atoms with E-state index in [2.05, 4.69) is 4.90 Å². The monoisotopic (exact) mass is 221 g/mol. The lowest BCUT2D eigenvalue weighted by molar-refractivity contribution is 0.101. The molecule has 0 spiro atoms. The van der Waals surface area contributed by atoms with Gasteiger partial charge in [0.2, 0.25) is 0 Å². The summed E-state index contributed by atoms with van der Waals surface area (Å²) < 4.78 is 5.72. The molecule has 1 atom stereocenters. The van der Waals surface area contributed by atoms with Crippen molar-refractivity contribution in [1.82, 2.24) is 4.90 Å². The highest BCUT2D eigenvalue weighted by Gasteiger charge is 2.06. The molecule has 0 N–H and O–H groups in total. The highest BCUT2D eigenvalue weighted by molar-refractivity contribution is 5.94. The summed E-state index contributed by atoms with van der Waals surface area (Å²) in [5.74, 6) is 0.813. The first kappa shape index (κ1) is 12.7. The van der Waals surface area contributed by atoms with Crippen molar-refractivity contribution in [3.8, 4) is 5.75 Å². The molecule has 16 heavy (non-hydrogen) atoms. The molecule has 0 amide bonds. The lowest BCUT2D eigenvalue weighted by Crippen LogP contribution is -2.27. The highest BCUT2D eigenvalue weighted by Crippen LogP contribution is 2.15. The van der Waals surface area contributed by atoms with Crippen molar-refractivity contribution in [1.29, 1.82) is 0 Å². The minimum Gasteiger partial charge on any atom is -0.489 e. The van der Waals surface area contributed by atoms with E-state index in [1.54, 1.807) is 19.1 Å². The minimum atomic E-state index is 0.0608. The maximum absolute atomic E-state index is 11.2. The van der Waals surface area contributed by atoms with Gasteiger partial charge in [0.25, 0.3) is 0 Å². The molecular weight excluding hydrogens is 202 g/mol. The van der Waals surface area contributed by atoms with Crippen molar-refractivity contribution in [2.24, 2.45) is 0 Å². The average molecular weight is 221 g/mol. The van der Waals surface area contributed by atoms with Gasteiger partial charge in [0.05, 0.1) is 0 Å². The maximum Gasteiger partial charge on any atom is 0.159 e. The maximum atomic E-state index is 11.2. The molecule has 0 bridgehead atoms. The summed E-state index contributed by atoms with van der Waals surface area (Å²) in [6.07, 6.45) is 0.109. The van der Waals surface area contributed by atoms with Gasteiger partial charge in [0.1, 0.15) is 11.9 Å². The molecule has 0 fully saturated rings. The SMILES string of the molecule is CC(=O)c1cccc(O[C@@H](C)CN(C)C)c1. The first-order valence-electron chi connectivity index (χ1n) is 5.41. The van der Waals surface area contributed by atoms with Crippen LogP contribution in [0.5, 0.6) is 5.75 Å². The Labute approximate surface area is 97.0 Å². The van der Waals surface area contributed by atoms with Gasteiger partial charge in [-0.15, -0.1) is 0 Å². The fourth-order valence-electron chi connectivity index (χ4n) is 1.57. The van der Waals surface area contributed by atoms with Gasteiger partial charge in [-0.1, -0.05) is 12.1 Å². The quantitative estimate of drug-likeness (QED) is 0.714. The lowest BCUT2D eigenvalue weighted by atomic mass is 10.1. The van der Waals surface area contributed by atoms with Gasteiger partial charge in [-0.05, 0) is 40.1 Å². The van der Waals surface area contributed by atoms with Crippen LogP contribution in [0.15, 0.2) is 24.3 Å². The largest absolute Gasteiger partial charge is 0.489 e. The summed E-state index contributed by atoms with van der Waals surface area (Å²) in [7, 11) is 4.01. The molecule has 0 unspecified atom stereocenters. The van der Waals surface area contributed by atoms with E-state index in [4.69, 9.17) is 4.74 Å². The number of likely N-dealkylation sites (N-methyl/N-ethyl adjacent to an activating group) is 1. The summed E-state index contributed by atoms with van der Waals surface area (Å²) in [4.78, 5) is 13.3. The summed E-state index contributed by atoms with van der Waals surface area (Å²) in [5, 5.41) is 0. The number of carbonyl (C=O) groups excluding carboxylic acids is 1. The minimum absolute atomic E-state index is 0.0608. The van der Waals surface area contributed by atoms with Crippen LogP contribution < -0.4 is 4.74 Å². The molecule has 0 aliphatic rings.